The Hall–Kier alpha value is -3.01. The maximum atomic E-state index is 11.7. The van der Waals surface area contributed by atoms with E-state index in [0.717, 1.165) is 5.56 Å². The van der Waals surface area contributed by atoms with E-state index in [1.807, 2.05) is 12.1 Å². The van der Waals surface area contributed by atoms with Crippen LogP contribution in [-0.4, -0.2) is 23.2 Å². The van der Waals surface area contributed by atoms with Crippen molar-refractivity contribution in [2.24, 2.45) is 0 Å². The number of hydrogen-bond donors (Lipinski definition) is 2. The molecule has 0 unspecified atom stereocenters. The van der Waals surface area contributed by atoms with E-state index in [9.17, 15) is 9.90 Å². The van der Waals surface area contributed by atoms with Crippen molar-refractivity contribution in [2.45, 2.75) is 6.54 Å². The Bertz CT molecular complexity index is 1090. The van der Waals surface area contributed by atoms with Crippen molar-refractivity contribution >= 4 is 45.8 Å². The lowest BCUT2D eigenvalue weighted by Crippen LogP contribution is -2.09. The summed E-state index contributed by atoms with van der Waals surface area (Å²) in [6.07, 6.45) is 0. The topological polar surface area (TPSA) is 95.2 Å². The van der Waals surface area contributed by atoms with E-state index in [2.05, 4.69) is 10.3 Å². The fourth-order valence-electron chi connectivity index (χ4n) is 2.69. The van der Waals surface area contributed by atoms with Crippen molar-refractivity contribution in [1.82, 2.24) is 4.98 Å². The van der Waals surface area contributed by atoms with E-state index in [1.54, 1.807) is 30.3 Å². The number of pyridine rings is 1. The highest BCUT2D eigenvalue weighted by molar-refractivity contribution is 6.34. The Morgan fingerprint density at radius 2 is 2.07 bits per heavy atom. The van der Waals surface area contributed by atoms with E-state index in [-0.39, 0.29) is 17.3 Å². The number of anilines is 1. The molecule has 1 aromatic heterocycles. The summed E-state index contributed by atoms with van der Waals surface area (Å²) in [7, 11) is 1.52. The number of nitrogens with one attached hydrogen (secondary N) is 1. The molecule has 0 saturated heterocycles. The van der Waals surface area contributed by atoms with E-state index >= 15 is 0 Å². The van der Waals surface area contributed by atoms with Crippen LogP contribution >= 0.6 is 23.2 Å². The van der Waals surface area contributed by atoms with Gasteiger partial charge in [-0.3, -0.25) is 0 Å². The van der Waals surface area contributed by atoms with Crippen LogP contribution in [0, 0.1) is 11.3 Å². The molecule has 2 aromatic carbocycles. The number of halogens is 2. The molecular weight excluding hydrogens is 389 g/mol. The van der Waals surface area contributed by atoms with E-state index in [1.165, 1.54) is 7.11 Å². The van der Waals surface area contributed by atoms with Crippen LogP contribution in [0.4, 0.5) is 5.69 Å². The average Bonchev–Trinajstić information content (AvgIpc) is 2.65. The van der Waals surface area contributed by atoms with Gasteiger partial charge in [-0.1, -0.05) is 29.3 Å². The highest BCUT2D eigenvalue weighted by Crippen LogP contribution is 2.33. The molecule has 0 radical (unpaired) electrons. The predicted octanol–water partition coefficient (Wildman–Crippen LogP) is 4.73. The van der Waals surface area contributed by atoms with Crippen molar-refractivity contribution in [3.8, 4) is 11.8 Å². The Kier molecular flexibility index (Phi) is 5.36. The van der Waals surface area contributed by atoms with Gasteiger partial charge in [0.2, 0.25) is 0 Å². The summed E-state index contributed by atoms with van der Waals surface area (Å²) in [4.78, 5) is 15.8. The number of nitriles is 1. The molecule has 0 saturated carbocycles. The van der Waals surface area contributed by atoms with Crippen LogP contribution in [0.5, 0.6) is 5.75 Å². The second kappa shape index (κ2) is 7.70. The highest BCUT2D eigenvalue weighted by Gasteiger charge is 2.20. The maximum absolute atomic E-state index is 11.7. The van der Waals surface area contributed by atoms with E-state index in [0.29, 0.717) is 32.9 Å². The van der Waals surface area contributed by atoms with Crippen molar-refractivity contribution < 1.29 is 14.6 Å². The Morgan fingerprint density at radius 3 is 2.70 bits per heavy atom. The first-order valence-corrected chi connectivity index (χ1v) is 8.53. The first-order chi connectivity index (χ1) is 12.9. The fraction of sp³-hybridized carbons (Fsp3) is 0.105. The number of ether oxygens (including phenoxy) is 1. The second-order valence-corrected chi connectivity index (χ2v) is 6.39. The number of benzene rings is 2. The molecule has 0 aliphatic heterocycles. The van der Waals surface area contributed by atoms with E-state index in [4.69, 9.17) is 33.2 Å². The number of hydrogen-bond acceptors (Lipinski definition) is 5. The van der Waals surface area contributed by atoms with Crippen LogP contribution in [0.1, 0.15) is 21.5 Å². The van der Waals surface area contributed by atoms with Crippen LogP contribution in [0.15, 0.2) is 36.4 Å². The fourth-order valence-corrected chi connectivity index (χ4v) is 3.24. The normalized spacial score (nSPS) is 10.4. The quantitative estimate of drug-likeness (QED) is 0.599. The third kappa shape index (κ3) is 3.75. The molecular formula is C19H13Cl2N3O3. The van der Waals surface area contributed by atoms with Gasteiger partial charge in [0.1, 0.15) is 16.5 Å². The van der Waals surface area contributed by atoms with Gasteiger partial charge in [0.05, 0.1) is 35.0 Å². The van der Waals surface area contributed by atoms with Gasteiger partial charge in [0.15, 0.2) is 0 Å². The number of aromatic carboxylic acids is 1. The van der Waals surface area contributed by atoms with Gasteiger partial charge < -0.3 is 15.2 Å². The van der Waals surface area contributed by atoms with Crippen molar-refractivity contribution in [2.75, 3.05) is 12.4 Å². The number of methoxy groups -OCH3 is 1. The largest absolute Gasteiger partial charge is 0.495 e. The lowest BCUT2D eigenvalue weighted by molar-refractivity contribution is 0.0698. The van der Waals surface area contributed by atoms with Gasteiger partial charge in [0, 0.05) is 11.9 Å². The smallest absolute Gasteiger partial charge is 0.340 e. The number of aromatic nitrogens is 1. The SMILES string of the molecule is COc1ccc(CNc2c(C(=O)O)c(Cl)nc3ccc(C#N)cc23)cc1Cl. The average molecular weight is 402 g/mol. The predicted molar refractivity (Wildman–Crippen MR) is 104 cm³/mol. The van der Waals surface area contributed by atoms with Gasteiger partial charge in [-0.15, -0.1) is 0 Å². The molecule has 0 atom stereocenters. The molecule has 6 nitrogen and oxygen atoms in total. The van der Waals surface area contributed by atoms with Crippen LogP contribution in [0.3, 0.4) is 0 Å². The lowest BCUT2D eigenvalue weighted by atomic mass is 10.1. The molecule has 0 aliphatic carbocycles. The maximum Gasteiger partial charge on any atom is 0.340 e. The molecule has 3 aromatic rings. The molecule has 3 rings (SSSR count). The van der Waals surface area contributed by atoms with Gasteiger partial charge >= 0.3 is 5.97 Å². The molecule has 8 heteroatoms. The molecule has 0 aliphatic rings. The van der Waals surface area contributed by atoms with Gasteiger partial charge in [0.25, 0.3) is 0 Å². The van der Waals surface area contributed by atoms with Crippen molar-refractivity contribution in [3.05, 3.63) is 63.3 Å². The molecule has 0 amide bonds. The van der Waals surface area contributed by atoms with Gasteiger partial charge in [-0.2, -0.15) is 5.26 Å². The van der Waals surface area contributed by atoms with Crippen LogP contribution in [0.25, 0.3) is 10.9 Å². The number of nitrogens with zero attached hydrogens (tertiary/aromatic N) is 2. The Balaban J connectivity index is 2.08. The number of carboxylic acid groups (broad SMARTS) is 1. The first kappa shape index (κ1) is 18.8. The molecule has 27 heavy (non-hydrogen) atoms. The number of carboxylic acids is 1. The summed E-state index contributed by atoms with van der Waals surface area (Å²) in [5.74, 6) is -0.672. The number of carbonyl (C=O) groups is 1. The summed E-state index contributed by atoms with van der Waals surface area (Å²) in [6.45, 7) is 0.288. The third-order valence-electron chi connectivity index (χ3n) is 3.97. The minimum Gasteiger partial charge on any atom is -0.495 e. The Labute approximate surface area is 164 Å². The van der Waals surface area contributed by atoms with Crippen LogP contribution in [-0.2, 0) is 6.54 Å². The molecule has 1 heterocycles. The van der Waals surface area contributed by atoms with Gasteiger partial charge in [-0.25, -0.2) is 9.78 Å². The third-order valence-corrected chi connectivity index (χ3v) is 4.54. The minimum absolute atomic E-state index is 0.130. The number of rotatable bonds is 5. The minimum atomic E-state index is -1.22. The summed E-state index contributed by atoms with van der Waals surface area (Å²) in [5.41, 5.74) is 1.83. The van der Waals surface area contributed by atoms with Gasteiger partial charge in [-0.05, 0) is 35.9 Å². The number of fused-ring (bicyclic) bond motifs is 1. The lowest BCUT2D eigenvalue weighted by Gasteiger charge is -2.15. The molecule has 0 spiro atoms. The van der Waals surface area contributed by atoms with E-state index < -0.39 is 5.97 Å². The molecule has 2 N–H and O–H groups in total. The van der Waals surface area contributed by atoms with Crippen LogP contribution < -0.4 is 10.1 Å². The Morgan fingerprint density at radius 1 is 1.30 bits per heavy atom. The summed E-state index contributed by atoms with van der Waals surface area (Å²) >= 11 is 12.2. The second-order valence-electron chi connectivity index (χ2n) is 5.62. The van der Waals surface area contributed by atoms with Crippen molar-refractivity contribution in [1.29, 1.82) is 5.26 Å². The monoisotopic (exact) mass is 401 g/mol. The molecule has 0 fully saturated rings. The summed E-state index contributed by atoms with van der Waals surface area (Å²) in [5, 5.41) is 22.6. The summed E-state index contributed by atoms with van der Waals surface area (Å²) < 4.78 is 5.13. The molecule has 136 valence electrons. The highest BCUT2D eigenvalue weighted by atomic mass is 35.5. The summed E-state index contributed by atoms with van der Waals surface area (Å²) in [6, 6.07) is 12.1. The zero-order chi connectivity index (χ0) is 19.6. The van der Waals surface area contributed by atoms with Crippen molar-refractivity contribution in [3.63, 3.8) is 0 Å². The zero-order valence-corrected chi connectivity index (χ0v) is 15.6. The molecule has 0 bridgehead atoms. The first-order valence-electron chi connectivity index (χ1n) is 7.77. The standard InChI is InChI=1S/C19H13Cl2N3O3/c1-27-15-5-3-11(7-13(15)20)9-23-17-12-6-10(8-22)2-4-14(12)24-18(21)16(17)19(25)26/h2-7H,9H2,1H3,(H,23,24)(H,25,26). The zero-order valence-electron chi connectivity index (χ0n) is 14.1. The van der Waals surface area contributed by atoms with Crippen LogP contribution in [0.2, 0.25) is 10.2 Å².